The molecule has 2 rings (SSSR count). The zero-order valence-corrected chi connectivity index (χ0v) is 10.9. The van der Waals surface area contributed by atoms with Gasteiger partial charge in [0.05, 0.1) is 28.8 Å². The minimum Gasteiger partial charge on any atom is -0.326 e. The first-order chi connectivity index (χ1) is 9.51. The predicted molar refractivity (Wildman–Crippen MR) is 72.7 cm³/mol. The lowest BCUT2D eigenvalue weighted by atomic mass is 10.0. The van der Waals surface area contributed by atoms with Crippen molar-refractivity contribution in [3.8, 4) is 17.3 Å². The van der Waals surface area contributed by atoms with Crippen molar-refractivity contribution >= 4 is 5.69 Å². The van der Waals surface area contributed by atoms with Crippen LogP contribution in [0.25, 0.3) is 11.3 Å². The van der Waals surface area contributed by atoms with Gasteiger partial charge >= 0.3 is 0 Å². The van der Waals surface area contributed by atoms with E-state index >= 15 is 0 Å². The van der Waals surface area contributed by atoms with E-state index in [0.717, 1.165) is 0 Å². The maximum atomic E-state index is 10.8. The van der Waals surface area contributed by atoms with Crippen LogP contribution in [-0.4, -0.2) is 20.7 Å². The summed E-state index contributed by atoms with van der Waals surface area (Å²) in [4.78, 5) is 10.3. The average Bonchev–Trinajstić information content (AvgIpc) is 2.85. The standard InChI is InChI=1S/C13H13N5O2/c1-9(15)8-17-5-4-13(16-17)12-6-11(18(19)20)3-2-10(12)7-14/h2-6,9H,8,15H2,1H3. The molecule has 7 nitrogen and oxygen atoms in total. The van der Waals surface area contributed by atoms with E-state index in [1.165, 1.54) is 18.2 Å². The molecule has 0 saturated carbocycles. The summed E-state index contributed by atoms with van der Waals surface area (Å²) in [6.07, 6.45) is 1.73. The van der Waals surface area contributed by atoms with Gasteiger partial charge in [-0.15, -0.1) is 0 Å². The van der Waals surface area contributed by atoms with Gasteiger partial charge in [0.25, 0.3) is 5.69 Å². The first-order valence-electron chi connectivity index (χ1n) is 5.99. The SMILES string of the molecule is CC(N)Cn1ccc(-c2cc([N+](=O)[O-])ccc2C#N)n1. The number of benzene rings is 1. The molecule has 1 aromatic carbocycles. The average molecular weight is 271 g/mol. The first kappa shape index (κ1) is 13.7. The Kier molecular flexibility index (Phi) is 3.77. The van der Waals surface area contributed by atoms with Crippen molar-refractivity contribution in [1.29, 1.82) is 5.26 Å². The minimum atomic E-state index is -0.496. The summed E-state index contributed by atoms with van der Waals surface area (Å²) >= 11 is 0. The van der Waals surface area contributed by atoms with E-state index in [2.05, 4.69) is 5.10 Å². The fourth-order valence-corrected chi connectivity index (χ4v) is 1.86. The van der Waals surface area contributed by atoms with Crippen molar-refractivity contribution in [3.05, 3.63) is 46.1 Å². The second kappa shape index (κ2) is 5.50. The fraction of sp³-hybridized carbons (Fsp3) is 0.231. The lowest BCUT2D eigenvalue weighted by molar-refractivity contribution is -0.384. The molecule has 0 fully saturated rings. The number of nitrogens with zero attached hydrogens (tertiary/aromatic N) is 4. The smallest absolute Gasteiger partial charge is 0.270 e. The number of nitriles is 1. The fourth-order valence-electron chi connectivity index (χ4n) is 1.86. The Bertz CT molecular complexity index is 684. The van der Waals surface area contributed by atoms with Gasteiger partial charge in [-0.05, 0) is 19.1 Å². The minimum absolute atomic E-state index is 0.0525. The summed E-state index contributed by atoms with van der Waals surface area (Å²) < 4.78 is 1.65. The molecule has 1 heterocycles. The van der Waals surface area contributed by atoms with Gasteiger partial charge < -0.3 is 5.73 Å². The van der Waals surface area contributed by atoms with Gasteiger partial charge in [0.2, 0.25) is 0 Å². The third kappa shape index (κ3) is 2.81. The van der Waals surface area contributed by atoms with Crippen molar-refractivity contribution in [1.82, 2.24) is 9.78 Å². The first-order valence-corrected chi connectivity index (χ1v) is 5.99. The zero-order chi connectivity index (χ0) is 14.7. The van der Waals surface area contributed by atoms with E-state index in [4.69, 9.17) is 11.0 Å². The molecule has 2 N–H and O–H groups in total. The van der Waals surface area contributed by atoms with Gasteiger partial charge in [-0.1, -0.05) is 0 Å². The van der Waals surface area contributed by atoms with Gasteiger partial charge in [0, 0.05) is 29.9 Å². The Balaban J connectivity index is 2.45. The van der Waals surface area contributed by atoms with E-state index in [-0.39, 0.29) is 11.7 Å². The number of hydrogen-bond donors (Lipinski definition) is 1. The van der Waals surface area contributed by atoms with Crippen molar-refractivity contribution in [2.75, 3.05) is 0 Å². The lowest BCUT2D eigenvalue weighted by Gasteiger charge is -2.04. The third-order valence-electron chi connectivity index (χ3n) is 2.73. The molecule has 0 bridgehead atoms. The van der Waals surface area contributed by atoms with Crippen LogP contribution in [0.5, 0.6) is 0 Å². The van der Waals surface area contributed by atoms with Crippen molar-refractivity contribution in [2.24, 2.45) is 5.73 Å². The van der Waals surface area contributed by atoms with Crippen molar-refractivity contribution < 1.29 is 4.92 Å². The van der Waals surface area contributed by atoms with Gasteiger partial charge in [-0.3, -0.25) is 14.8 Å². The van der Waals surface area contributed by atoms with Gasteiger partial charge in [0.15, 0.2) is 0 Å². The number of hydrogen-bond acceptors (Lipinski definition) is 5. The monoisotopic (exact) mass is 271 g/mol. The maximum absolute atomic E-state index is 10.8. The Hall–Kier alpha value is -2.72. The molecule has 0 aliphatic carbocycles. The van der Waals surface area contributed by atoms with Gasteiger partial charge in [0.1, 0.15) is 0 Å². The highest BCUT2D eigenvalue weighted by Crippen LogP contribution is 2.26. The maximum Gasteiger partial charge on any atom is 0.270 e. The zero-order valence-electron chi connectivity index (χ0n) is 10.9. The second-order valence-electron chi connectivity index (χ2n) is 4.50. The number of rotatable bonds is 4. The Morgan fingerprint density at radius 3 is 2.90 bits per heavy atom. The molecule has 0 saturated heterocycles. The van der Waals surface area contributed by atoms with E-state index in [9.17, 15) is 10.1 Å². The molecule has 20 heavy (non-hydrogen) atoms. The number of nitro groups is 1. The molecule has 1 aromatic heterocycles. The number of non-ortho nitro benzene ring substituents is 1. The molecule has 2 aromatic rings. The van der Waals surface area contributed by atoms with Crippen LogP contribution < -0.4 is 5.73 Å². The summed E-state index contributed by atoms with van der Waals surface area (Å²) in [5, 5.41) is 24.2. The number of nitrogens with two attached hydrogens (primary N) is 1. The molecule has 102 valence electrons. The van der Waals surface area contributed by atoms with Crippen molar-refractivity contribution in [3.63, 3.8) is 0 Å². The van der Waals surface area contributed by atoms with Gasteiger partial charge in [-0.2, -0.15) is 10.4 Å². The summed E-state index contributed by atoms with van der Waals surface area (Å²) in [5.74, 6) is 0. The topological polar surface area (TPSA) is 111 Å². The van der Waals surface area contributed by atoms with E-state index in [1.54, 1.807) is 16.9 Å². The summed E-state index contributed by atoms with van der Waals surface area (Å²) in [6, 6.07) is 7.77. The van der Waals surface area contributed by atoms with Crippen molar-refractivity contribution in [2.45, 2.75) is 19.5 Å². The predicted octanol–water partition coefficient (Wildman–Crippen LogP) is 1.68. The number of nitro benzene ring substituents is 1. The van der Waals surface area contributed by atoms with Crippen LogP contribution >= 0.6 is 0 Å². The van der Waals surface area contributed by atoms with Crippen LogP contribution in [0, 0.1) is 21.4 Å². The molecule has 0 spiro atoms. The molecule has 1 unspecified atom stereocenters. The molecule has 0 aliphatic heterocycles. The highest BCUT2D eigenvalue weighted by molar-refractivity contribution is 5.69. The highest BCUT2D eigenvalue weighted by atomic mass is 16.6. The Labute approximate surface area is 115 Å². The normalized spacial score (nSPS) is 11.8. The van der Waals surface area contributed by atoms with Crippen LogP contribution in [0.1, 0.15) is 12.5 Å². The van der Waals surface area contributed by atoms with Crippen LogP contribution in [0.3, 0.4) is 0 Å². The summed E-state index contributed by atoms with van der Waals surface area (Å²) in [7, 11) is 0. The largest absolute Gasteiger partial charge is 0.326 e. The molecule has 7 heteroatoms. The quantitative estimate of drug-likeness (QED) is 0.671. The van der Waals surface area contributed by atoms with Crippen LogP contribution in [-0.2, 0) is 6.54 Å². The van der Waals surface area contributed by atoms with Crippen LogP contribution in [0.15, 0.2) is 30.5 Å². The van der Waals surface area contributed by atoms with Gasteiger partial charge in [-0.25, -0.2) is 0 Å². The molecular formula is C13H13N5O2. The lowest BCUT2D eigenvalue weighted by Crippen LogP contribution is -2.22. The van der Waals surface area contributed by atoms with E-state index in [1.807, 2.05) is 13.0 Å². The molecule has 0 radical (unpaired) electrons. The number of aromatic nitrogens is 2. The molecule has 0 aliphatic rings. The molecular weight excluding hydrogens is 258 g/mol. The van der Waals surface area contributed by atoms with Crippen LogP contribution in [0.2, 0.25) is 0 Å². The molecule has 0 amide bonds. The second-order valence-corrected chi connectivity index (χ2v) is 4.50. The van der Waals surface area contributed by atoms with Crippen LogP contribution in [0.4, 0.5) is 5.69 Å². The Morgan fingerprint density at radius 2 is 2.30 bits per heavy atom. The summed E-state index contributed by atoms with van der Waals surface area (Å²) in [6.45, 7) is 2.40. The third-order valence-corrected chi connectivity index (χ3v) is 2.73. The highest BCUT2D eigenvalue weighted by Gasteiger charge is 2.14. The van der Waals surface area contributed by atoms with E-state index in [0.29, 0.717) is 23.4 Å². The molecule has 1 atom stereocenters. The Morgan fingerprint density at radius 1 is 1.55 bits per heavy atom. The summed E-state index contributed by atoms with van der Waals surface area (Å²) in [5.41, 5.74) is 6.94. The van der Waals surface area contributed by atoms with E-state index < -0.39 is 4.92 Å².